The highest BCUT2D eigenvalue weighted by atomic mass is 16.2. The quantitative estimate of drug-likeness (QED) is 0.691. The van der Waals surface area contributed by atoms with Crippen LogP contribution in [0.5, 0.6) is 0 Å². The molecule has 0 aromatic heterocycles. The monoisotopic (exact) mass is 378 g/mol. The summed E-state index contributed by atoms with van der Waals surface area (Å²) >= 11 is 0. The SMILES string of the molecule is CCCCCCCc1ccc(C(=O)N2CCc3ccccc3C2C(N)=O)cc1. The summed E-state index contributed by atoms with van der Waals surface area (Å²) in [4.78, 5) is 26.8. The second kappa shape index (κ2) is 9.54. The average Bonchev–Trinajstić information content (AvgIpc) is 2.72. The van der Waals surface area contributed by atoms with Gasteiger partial charge in [0, 0.05) is 12.1 Å². The minimum absolute atomic E-state index is 0.132. The number of fused-ring (bicyclic) bond motifs is 1. The Morgan fingerprint density at radius 2 is 1.71 bits per heavy atom. The third-order valence-corrected chi connectivity index (χ3v) is 5.58. The molecule has 4 nitrogen and oxygen atoms in total. The van der Waals surface area contributed by atoms with Crippen LogP contribution in [0.25, 0.3) is 0 Å². The van der Waals surface area contributed by atoms with Crippen molar-refractivity contribution in [3.8, 4) is 0 Å². The van der Waals surface area contributed by atoms with Crippen molar-refractivity contribution < 1.29 is 9.59 Å². The molecule has 2 aromatic rings. The lowest BCUT2D eigenvalue weighted by Gasteiger charge is -2.35. The van der Waals surface area contributed by atoms with Crippen molar-refractivity contribution in [3.63, 3.8) is 0 Å². The highest BCUT2D eigenvalue weighted by Gasteiger charge is 2.34. The Labute approximate surface area is 167 Å². The Bertz CT molecular complexity index is 814. The molecule has 0 radical (unpaired) electrons. The summed E-state index contributed by atoms with van der Waals surface area (Å²) in [6, 6.07) is 14.9. The summed E-state index contributed by atoms with van der Waals surface area (Å²) in [6.45, 7) is 2.72. The van der Waals surface area contributed by atoms with E-state index >= 15 is 0 Å². The van der Waals surface area contributed by atoms with Crippen LogP contribution in [0.1, 0.15) is 72.1 Å². The lowest BCUT2D eigenvalue weighted by molar-refractivity contribution is -0.123. The molecule has 0 fully saturated rings. The van der Waals surface area contributed by atoms with Gasteiger partial charge in [0.2, 0.25) is 5.91 Å². The highest BCUT2D eigenvalue weighted by molar-refractivity contribution is 5.98. The predicted octanol–water partition coefficient (Wildman–Crippen LogP) is 4.42. The number of primary amides is 1. The van der Waals surface area contributed by atoms with E-state index in [0.717, 1.165) is 24.0 Å². The van der Waals surface area contributed by atoms with Gasteiger partial charge in [0.15, 0.2) is 0 Å². The number of nitrogens with two attached hydrogens (primary N) is 1. The number of hydrogen-bond acceptors (Lipinski definition) is 2. The molecule has 1 aliphatic rings. The summed E-state index contributed by atoms with van der Waals surface area (Å²) < 4.78 is 0. The molecule has 2 amide bonds. The number of nitrogens with zero attached hydrogens (tertiary/aromatic N) is 1. The van der Waals surface area contributed by atoms with Gasteiger partial charge in [-0.3, -0.25) is 9.59 Å². The molecule has 0 bridgehead atoms. The molecule has 1 heterocycles. The molecule has 148 valence electrons. The number of benzene rings is 2. The zero-order valence-corrected chi connectivity index (χ0v) is 16.7. The predicted molar refractivity (Wildman–Crippen MR) is 112 cm³/mol. The fraction of sp³-hybridized carbons (Fsp3) is 0.417. The first kappa shape index (κ1) is 20.1. The molecule has 2 aromatic carbocycles. The molecule has 0 saturated carbocycles. The van der Waals surface area contributed by atoms with Crippen LogP contribution < -0.4 is 5.73 Å². The molecule has 0 saturated heterocycles. The number of carbonyl (C=O) groups excluding carboxylic acids is 2. The molecule has 0 spiro atoms. The van der Waals surface area contributed by atoms with Gasteiger partial charge in [-0.15, -0.1) is 0 Å². The topological polar surface area (TPSA) is 63.4 Å². The van der Waals surface area contributed by atoms with Crippen LogP contribution in [0.2, 0.25) is 0 Å². The maximum absolute atomic E-state index is 13.1. The fourth-order valence-electron chi connectivity index (χ4n) is 4.00. The van der Waals surface area contributed by atoms with Gasteiger partial charge in [-0.2, -0.15) is 0 Å². The molecular weight excluding hydrogens is 348 g/mol. The van der Waals surface area contributed by atoms with Gasteiger partial charge in [-0.1, -0.05) is 69.0 Å². The van der Waals surface area contributed by atoms with Crippen LogP contribution in [0.4, 0.5) is 0 Å². The second-order valence-corrected chi connectivity index (χ2v) is 7.61. The maximum Gasteiger partial charge on any atom is 0.254 e. The number of carbonyl (C=O) groups is 2. The van der Waals surface area contributed by atoms with Crippen LogP contribution in [0, 0.1) is 0 Å². The van der Waals surface area contributed by atoms with Crippen LogP contribution >= 0.6 is 0 Å². The van der Waals surface area contributed by atoms with Gasteiger partial charge in [0.25, 0.3) is 5.91 Å². The Morgan fingerprint density at radius 3 is 2.43 bits per heavy atom. The van der Waals surface area contributed by atoms with E-state index in [1.165, 1.54) is 37.7 Å². The minimum atomic E-state index is -0.698. The van der Waals surface area contributed by atoms with Crippen molar-refractivity contribution in [2.24, 2.45) is 5.73 Å². The smallest absolute Gasteiger partial charge is 0.254 e. The van der Waals surface area contributed by atoms with Crippen LogP contribution in [-0.2, 0) is 17.6 Å². The first-order valence-corrected chi connectivity index (χ1v) is 10.4. The standard InChI is InChI=1S/C24H30N2O2/c1-2-3-4-5-6-9-18-12-14-20(15-13-18)24(28)26-17-16-19-10-7-8-11-21(19)22(26)23(25)27/h7-8,10-15,22H,2-6,9,16-17H2,1H3,(H2,25,27). The van der Waals surface area contributed by atoms with Crippen molar-refractivity contribution in [1.29, 1.82) is 0 Å². The molecule has 0 aliphatic carbocycles. The molecule has 4 heteroatoms. The summed E-state index contributed by atoms with van der Waals surface area (Å²) in [7, 11) is 0. The van der Waals surface area contributed by atoms with Crippen LogP contribution in [0.15, 0.2) is 48.5 Å². The molecule has 2 N–H and O–H groups in total. The summed E-state index contributed by atoms with van der Waals surface area (Å²) in [5, 5.41) is 0. The molecule has 1 atom stereocenters. The Hall–Kier alpha value is -2.62. The molecule has 28 heavy (non-hydrogen) atoms. The Balaban J connectivity index is 1.68. The van der Waals surface area contributed by atoms with Gasteiger partial charge >= 0.3 is 0 Å². The van der Waals surface area contributed by atoms with E-state index in [2.05, 4.69) is 6.92 Å². The number of aryl methyl sites for hydroxylation is 1. The van der Waals surface area contributed by atoms with Crippen molar-refractivity contribution in [1.82, 2.24) is 4.90 Å². The van der Waals surface area contributed by atoms with E-state index in [0.29, 0.717) is 12.1 Å². The third kappa shape index (κ3) is 4.61. The molecular formula is C24H30N2O2. The number of amides is 2. The van der Waals surface area contributed by atoms with E-state index in [-0.39, 0.29) is 5.91 Å². The largest absolute Gasteiger partial charge is 0.368 e. The minimum Gasteiger partial charge on any atom is -0.368 e. The van der Waals surface area contributed by atoms with E-state index in [4.69, 9.17) is 5.73 Å². The Kier molecular flexibility index (Phi) is 6.85. The van der Waals surface area contributed by atoms with Crippen molar-refractivity contribution >= 4 is 11.8 Å². The number of hydrogen-bond donors (Lipinski definition) is 1. The lowest BCUT2D eigenvalue weighted by atomic mass is 9.91. The average molecular weight is 379 g/mol. The van der Waals surface area contributed by atoms with Crippen molar-refractivity contribution in [2.45, 2.75) is 57.9 Å². The third-order valence-electron chi connectivity index (χ3n) is 5.58. The summed E-state index contributed by atoms with van der Waals surface area (Å²) in [5.41, 5.74) is 9.47. The number of rotatable bonds is 8. The van der Waals surface area contributed by atoms with Crippen molar-refractivity contribution in [2.75, 3.05) is 6.54 Å². The maximum atomic E-state index is 13.1. The Morgan fingerprint density at radius 1 is 1.00 bits per heavy atom. The summed E-state index contributed by atoms with van der Waals surface area (Å²) in [5.74, 6) is -0.614. The second-order valence-electron chi connectivity index (χ2n) is 7.61. The van der Waals surface area contributed by atoms with E-state index in [9.17, 15) is 9.59 Å². The molecule has 3 rings (SSSR count). The van der Waals surface area contributed by atoms with E-state index in [1.807, 2.05) is 48.5 Å². The van der Waals surface area contributed by atoms with Crippen LogP contribution in [-0.4, -0.2) is 23.3 Å². The van der Waals surface area contributed by atoms with Gasteiger partial charge in [0.05, 0.1) is 0 Å². The number of unbranched alkanes of at least 4 members (excludes halogenated alkanes) is 4. The van der Waals surface area contributed by atoms with Crippen molar-refractivity contribution in [3.05, 3.63) is 70.8 Å². The first-order valence-electron chi connectivity index (χ1n) is 10.4. The van der Waals surface area contributed by atoms with Gasteiger partial charge in [-0.05, 0) is 48.1 Å². The molecule has 1 unspecified atom stereocenters. The normalized spacial score (nSPS) is 15.9. The highest BCUT2D eigenvalue weighted by Crippen LogP contribution is 2.30. The van der Waals surface area contributed by atoms with E-state index in [1.54, 1.807) is 4.90 Å². The summed E-state index contributed by atoms with van der Waals surface area (Å²) in [6.07, 6.45) is 8.05. The van der Waals surface area contributed by atoms with Gasteiger partial charge in [0.1, 0.15) is 6.04 Å². The first-order chi connectivity index (χ1) is 13.6. The molecule has 1 aliphatic heterocycles. The van der Waals surface area contributed by atoms with E-state index < -0.39 is 11.9 Å². The lowest BCUT2D eigenvalue weighted by Crippen LogP contribution is -2.45. The fourth-order valence-corrected chi connectivity index (χ4v) is 4.00. The van der Waals surface area contributed by atoms with Gasteiger partial charge < -0.3 is 10.6 Å². The van der Waals surface area contributed by atoms with Gasteiger partial charge in [-0.25, -0.2) is 0 Å². The zero-order chi connectivity index (χ0) is 19.9. The zero-order valence-electron chi connectivity index (χ0n) is 16.7. The van der Waals surface area contributed by atoms with Crippen LogP contribution in [0.3, 0.4) is 0 Å².